The lowest BCUT2D eigenvalue weighted by molar-refractivity contribution is -0.151. The summed E-state index contributed by atoms with van der Waals surface area (Å²) < 4.78 is 4.69. The molecule has 84 valence electrons. The third-order valence-electron chi connectivity index (χ3n) is 3.69. The molecule has 2 fully saturated rings. The largest absolute Gasteiger partial charge is 0.468 e. The highest BCUT2D eigenvalue weighted by atomic mass is 16.5. The molecule has 3 unspecified atom stereocenters. The summed E-state index contributed by atoms with van der Waals surface area (Å²) in [5.41, 5.74) is 0. The molecule has 0 aliphatic carbocycles. The van der Waals surface area contributed by atoms with E-state index >= 15 is 0 Å². The van der Waals surface area contributed by atoms with Crippen LogP contribution < -0.4 is 0 Å². The van der Waals surface area contributed by atoms with Gasteiger partial charge in [-0.15, -0.1) is 0 Å². The molecular formula is C11H17NO3. The van der Waals surface area contributed by atoms with Crippen LogP contribution >= 0.6 is 0 Å². The number of hydrogen-bond acceptors (Lipinski definition) is 3. The van der Waals surface area contributed by atoms with Crippen LogP contribution in [0.2, 0.25) is 0 Å². The number of carbonyl (C=O) groups is 2. The van der Waals surface area contributed by atoms with Gasteiger partial charge in [0.1, 0.15) is 5.92 Å². The fraction of sp³-hybridized carbons (Fsp3) is 0.818. The summed E-state index contributed by atoms with van der Waals surface area (Å²) >= 11 is 0. The molecule has 0 aromatic rings. The van der Waals surface area contributed by atoms with Gasteiger partial charge in [-0.2, -0.15) is 0 Å². The Morgan fingerprint density at radius 3 is 2.80 bits per heavy atom. The Bertz CT molecular complexity index is 290. The van der Waals surface area contributed by atoms with Crippen molar-refractivity contribution in [1.82, 2.24) is 4.90 Å². The lowest BCUT2D eigenvalue weighted by atomic mass is 9.88. The number of rotatable bonds is 1. The molecule has 1 amide bonds. The van der Waals surface area contributed by atoms with Crippen molar-refractivity contribution in [2.75, 3.05) is 13.7 Å². The molecule has 2 aliphatic rings. The summed E-state index contributed by atoms with van der Waals surface area (Å²) in [5, 5.41) is 0. The Kier molecular flexibility index (Phi) is 2.67. The van der Waals surface area contributed by atoms with Gasteiger partial charge >= 0.3 is 5.97 Å². The van der Waals surface area contributed by atoms with Gasteiger partial charge in [-0.1, -0.05) is 6.92 Å². The van der Waals surface area contributed by atoms with Crippen molar-refractivity contribution >= 4 is 11.9 Å². The first kappa shape index (κ1) is 10.5. The summed E-state index contributed by atoms with van der Waals surface area (Å²) in [6, 6.07) is 0.260. The van der Waals surface area contributed by atoms with E-state index < -0.39 is 5.92 Å². The zero-order valence-electron chi connectivity index (χ0n) is 9.23. The highest BCUT2D eigenvalue weighted by molar-refractivity contribution is 6.00. The number of hydrogen-bond donors (Lipinski definition) is 0. The van der Waals surface area contributed by atoms with E-state index in [-0.39, 0.29) is 23.8 Å². The average Bonchev–Trinajstić information content (AvgIpc) is 2.52. The third kappa shape index (κ3) is 1.52. The quantitative estimate of drug-likeness (QED) is 0.476. The van der Waals surface area contributed by atoms with E-state index in [1.54, 1.807) is 0 Å². The van der Waals surface area contributed by atoms with Crippen LogP contribution in [0.1, 0.15) is 26.2 Å². The predicted molar refractivity (Wildman–Crippen MR) is 54.0 cm³/mol. The van der Waals surface area contributed by atoms with Crippen LogP contribution in [0.4, 0.5) is 0 Å². The Hall–Kier alpha value is -1.06. The van der Waals surface area contributed by atoms with Crippen molar-refractivity contribution < 1.29 is 14.3 Å². The second kappa shape index (κ2) is 3.83. The Balaban J connectivity index is 2.21. The highest BCUT2D eigenvalue weighted by Crippen LogP contribution is 2.36. The smallest absolute Gasteiger partial charge is 0.318 e. The van der Waals surface area contributed by atoms with Crippen LogP contribution in [0, 0.1) is 11.8 Å². The standard InChI is InChI=1S/C11H17NO3/c1-7-8-5-3-4-6-12(8)10(13)9(7)11(14)15-2/h7-9H,3-6H2,1-2H3. The van der Waals surface area contributed by atoms with Crippen LogP contribution in [-0.2, 0) is 14.3 Å². The zero-order chi connectivity index (χ0) is 11.0. The van der Waals surface area contributed by atoms with Gasteiger partial charge in [0, 0.05) is 12.6 Å². The van der Waals surface area contributed by atoms with Crippen molar-refractivity contribution in [2.45, 2.75) is 32.2 Å². The number of amides is 1. The lowest BCUT2D eigenvalue weighted by Gasteiger charge is -2.31. The monoisotopic (exact) mass is 211 g/mol. The molecule has 2 heterocycles. The van der Waals surface area contributed by atoms with Crippen molar-refractivity contribution in [2.24, 2.45) is 11.8 Å². The number of esters is 1. The van der Waals surface area contributed by atoms with Gasteiger partial charge in [-0.05, 0) is 25.2 Å². The molecule has 4 heteroatoms. The molecule has 15 heavy (non-hydrogen) atoms. The Labute approximate surface area is 89.6 Å². The van der Waals surface area contributed by atoms with Crippen LogP contribution in [0.15, 0.2) is 0 Å². The first-order valence-electron chi connectivity index (χ1n) is 5.55. The summed E-state index contributed by atoms with van der Waals surface area (Å²) in [6.45, 7) is 2.79. The second-order valence-corrected chi connectivity index (χ2v) is 4.45. The van der Waals surface area contributed by atoms with E-state index in [9.17, 15) is 9.59 Å². The van der Waals surface area contributed by atoms with Crippen molar-refractivity contribution in [1.29, 1.82) is 0 Å². The molecule has 0 radical (unpaired) electrons. The number of nitrogens with zero attached hydrogens (tertiary/aromatic N) is 1. The third-order valence-corrected chi connectivity index (χ3v) is 3.69. The molecule has 0 aromatic heterocycles. The van der Waals surface area contributed by atoms with Gasteiger partial charge in [-0.3, -0.25) is 9.59 Å². The van der Waals surface area contributed by atoms with Crippen LogP contribution in [-0.4, -0.2) is 36.5 Å². The molecule has 4 nitrogen and oxygen atoms in total. The van der Waals surface area contributed by atoms with Gasteiger partial charge in [0.2, 0.25) is 5.91 Å². The first-order valence-corrected chi connectivity index (χ1v) is 5.55. The minimum atomic E-state index is -0.557. The summed E-state index contributed by atoms with van der Waals surface area (Å²) in [6.07, 6.45) is 3.25. The summed E-state index contributed by atoms with van der Waals surface area (Å²) in [7, 11) is 1.35. The predicted octanol–water partition coefficient (Wildman–Crippen LogP) is 0.806. The van der Waals surface area contributed by atoms with Gasteiger partial charge in [0.05, 0.1) is 7.11 Å². The zero-order valence-corrected chi connectivity index (χ0v) is 9.23. The molecule has 0 spiro atoms. The number of carbonyl (C=O) groups excluding carboxylic acids is 2. The van der Waals surface area contributed by atoms with E-state index in [0.717, 1.165) is 25.8 Å². The normalized spacial score (nSPS) is 35.2. The second-order valence-electron chi connectivity index (χ2n) is 4.45. The van der Waals surface area contributed by atoms with Gasteiger partial charge in [-0.25, -0.2) is 0 Å². The molecule has 0 N–H and O–H groups in total. The molecule has 0 bridgehead atoms. The van der Waals surface area contributed by atoms with E-state index in [1.807, 2.05) is 11.8 Å². The van der Waals surface area contributed by atoms with Crippen molar-refractivity contribution in [3.8, 4) is 0 Å². The fourth-order valence-electron chi connectivity index (χ4n) is 2.85. The SMILES string of the molecule is COC(=O)C1C(=O)N2CCCCC2C1C. The maximum absolute atomic E-state index is 12.0. The highest BCUT2D eigenvalue weighted by Gasteiger charge is 2.50. The first-order chi connectivity index (χ1) is 7.16. The average molecular weight is 211 g/mol. The molecule has 2 aliphatic heterocycles. The summed E-state index contributed by atoms with van der Waals surface area (Å²) in [5.74, 6) is -0.857. The van der Waals surface area contributed by atoms with Crippen LogP contribution in [0.3, 0.4) is 0 Å². The Morgan fingerprint density at radius 2 is 2.20 bits per heavy atom. The fourth-order valence-corrected chi connectivity index (χ4v) is 2.85. The van der Waals surface area contributed by atoms with Crippen molar-refractivity contribution in [3.63, 3.8) is 0 Å². The number of fused-ring (bicyclic) bond motifs is 1. The van der Waals surface area contributed by atoms with Crippen LogP contribution in [0.25, 0.3) is 0 Å². The van der Waals surface area contributed by atoms with E-state index in [1.165, 1.54) is 7.11 Å². The van der Waals surface area contributed by atoms with Gasteiger partial charge in [0.15, 0.2) is 0 Å². The minimum absolute atomic E-state index is 0.0287. The van der Waals surface area contributed by atoms with E-state index in [2.05, 4.69) is 0 Å². The Morgan fingerprint density at radius 1 is 1.47 bits per heavy atom. The molecule has 2 saturated heterocycles. The molecule has 3 atom stereocenters. The number of piperidine rings is 1. The van der Waals surface area contributed by atoms with Gasteiger partial charge in [0.25, 0.3) is 0 Å². The number of ether oxygens (including phenoxy) is 1. The van der Waals surface area contributed by atoms with Crippen LogP contribution in [0.5, 0.6) is 0 Å². The molecule has 0 aromatic carbocycles. The van der Waals surface area contributed by atoms with Gasteiger partial charge < -0.3 is 9.64 Å². The molecule has 0 saturated carbocycles. The maximum atomic E-state index is 12.0. The molecular weight excluding hydrogens is 194 g/mol. The lowest BCUT2D eigenvalue weighted by Crippen LogP contribution is -2.39. The van der Waals surface area contributed by atoms with Crippen molar-refractivity contribution in [3.05, 3.63) is 0 Å². The van der Waals surface area contributed by atoms with E-state index in [0.29, 0.717) is 0 Å². The summed E-state index contributed by atoms with van der Waals surface area (Å²) in [4.78, 5) is 25.4. The molecule has 2 rings (SSSR count). The minimum Gasteiger partial charge on any atom is -0.468 e. The van der Waals surface area contributed by atoms with E-state index in [4.69, 9.17) is 4.74 Å². The number of methoxy groups -OCH3 is 1. The maximum Gasteiger partial charge on any atom is 0.318 e. The topological polar surface area (TPSA) is 46.6 Å².